The topological polar surface area (TPSA) is 19.0 Å². The van der Waals surface area contributed by atoms with Gasteiger partial charge in [0.05, 0.1) is 0 Å². The lowest BCUT2D eigenvalue weighted by Crippen LogP contribution is -2.44. The van der Waals surface area contributed by atoms with Crippen LogP contribution in [-0.4, -0.2) is 22.0 Å². The van der Waals surface area contributed by atoms with Crippen LogP contribution in [0.1, 0.15) is 32.0 Å². The number of fused-ring (bicyclic) bond motifs is 3. The molecule has 1 aliphatic rings. The lowest BCUT2D eigenvalue weighted by Gasteiger charge is -2.38. The molecule has 0 amide bonds. The van der Waals surface area contributed by atoms with Crippen molar-refractivity contribution < 1.29 is 0 Å². The second kappa shape index (κ2) is 3.61. The second-order valence-corrected chi connectivity index (χ2v) is 5.97. The average molecular weight is 228 g/mol. The van der Waals surface area contributed by atoms with Crippen LogP contribution in [-0.2, 0) is 13.0 Å². The van der Waals surface area contributed by atoms with Crippen LogP contribution in [0.2, 0.25) is 0 Å². The number of aromatic amines is 1. The van der Waals surface area contributed by atoms with E-state index in [0.717, 1.165) is 13.0 Å². The number of benzene rings is 1. The summed E-state index contributed by atoms with van der Waals surface area (Å²) in [5, 5.41) is 1.41. The molecule has 2 heterocycles. The van der Waals surface area contributed by atoms with Crippen molar-refractivity contribution >= 4 is 10.9 Å². The van der Waals surface area contributed by atoms with Crippen LogP contribution < -0.4 is 0 Å². The van der Waals surface area contributed by atoms with Crippen molar-refractivity contribution in [3.8, 4) is 0 Å². The minimum Gasteiger partial charge on any atom is -0.357 e. The maximum atomic E-state index is 3.58. The number of aromatic nitrogens is 1. The van der Waals surface area contributed by atoms with Crippen LogP contribution in [0, 0.1) is 0 Å². The fourth-order valence-corrected chi connectivity index (χ4v) is 2.77. The minimum atomic E-state index is 0.259. The predicted molar refractivity (Wildman–Crippen MR) is 72.2 cm³/mol. The minimum absolute atomic E-state index is 0.259. The molecular weight excluding hydrogens is 208 g/mol. The molecule has 2 nitrogen and oxygen atoms in total. The van der Waals surface area contributed by atoms with Crippen LogP contribution in [0.4, 0.5) is 0 Å². The Kier molecular flexibility index (Phi) is 2.30. The average Bonchev–Trinajstić information content (AvgIpc) is 2.65. The van der Waals surface area contributed by atoms with Gasteiger partial charge < -0.3 is 4.98 Å². The zero-order valence-electron chi connectivity index (χ0n) is 10.9. The molecule has 0 spiro atoms. The lowest BCUT2D eigenvalue weighted by atomic mass is 9.98. The molecule has 2 aromatic rings. The van der Waals surface area contributed by atoms with Gasteiger partial charge in [0, 0.05) is 35.2 Å². The first-order chi connectivity index (χ1) is 8.05. The Labute approximate surface area is 103 Å². The largest absolute Gasteiger partial charge is 0.357 e. The van der Waals surface area contributed by atoms with Crippen molar-refractivity contribution in [2.75, 3.05) is 6.54 Å². The quantitative estimate of drug-likeness (QED) is 0.733. The third kappa shape index (κ3) is 1.77. The Bertz CT molecular complexity index is 546. The van der Waals surface area contributed by atoms with E-state index < -0.39 is 0 Å². The molecule has 1 aromatic carbocycles. The molecule has 2 heteroatoms. The van der Waals surface area contributed by atoms with Crippen LogP contribution in [0.3, 0.4) is 0 Å². The number of nitrogens with zero attached hydrogens (tertiary/aromatic N) is 1. The molecule has 17 heavy (non-hydrogen) atoms. The van der Waals surface area contributed by atoms with E-state index in [-0.39, 0.29) is 5.54 Å². The van der Waals surface area contributed by atoms with Gasteiger partial charge in [-0.3, -0.25) is 4.90 Å². The normalized spacial score (nSPS) is 17.4. The molecule has 0 saturated heterocycles. The molecule has 90 valence electrons. The number of rotatable bonds is 0. The third-order valence-corrected chi connectivity index (χ3v) is 3.83. The van der Waals surface area contributed by atoms with Gasteiger partial charge >= 0.3 is 0 Å². The number of hydrogen-bond donors (Lipinski definition) is 1. The standard InChI is InChI=1S/C15H20N2/c1-15(2,3)17-9-8-12-11-6-4-5-7-13(11)16-14(12)10-17/h4-7,16H,8-10H2,1-3H3. The lowest BCUT2D eigenvalue weighted by molar-refractivity contribution is 0.119. The van der Waals surface area contributed by atoms with Crippen molar-refractivity contribution in [1.29, 1.82) is 0 Å². The van der Waals surface area contributed by atoms with Gasteiger partial charge in [-0.1, -0.05) is 18.2 Å². The van der Waals surface area contributed by atoms with E-state index in [0.29, 0.717) is 0 Å². The van der Waals surface area contributed by atoms with E-state index in [4.69, 9.17) is 0 Å². The smallest absolute Gasteiger partial charge is 0.0459 e. The first-order valence-electron chi connectivity index (χ1n) is 6.39. The molecule has 0 unspecified atom stereocenters. The number of hydrogen-bond acceptors (Lipinski definition) is 1. The first-order valence-corrected chi connectivity index (χ1v) is 6.39. The summed E-state index contributed by atoms with van der Waals surface area (Å²) in [5.74, 6) is 0. The first kappa shape index (κ1) is 10.8. The number of para-hydroxylation sites is 1. The summed E-state index contributed by atoms with van der Waals surface area (Å²) in [4.78, 5) is 6.12. The van der Waals surface area contributed by atoms with E-state index in [1.54, 1.807) is 0 Å². The molecular formula is C15H20N2. The zero-order chi connectivity index (χ0) is 12.0. The summed E-state index contributed by atoms with van der Waals surface area (Å²) >= 11 is 0. The second-order valence-electron chi connectivity index (χ2n) is 5.97. The van der Waals surface area contributed by atoms with Gasteiger partial charge in [0.1, 0.15) is 0 Å². The van der Waals surface area contributed by atoms with Gasteiger partial charge in [0.25, 0.3) is 0 Å². The molecule has 0 radical (unpaired) electrons. The van der Waals surface area contributed by atoms with E-state index in [2.05, 4.69) is 54.9 Å². The summed E-state index contributed by atoms with van der Waals surface area (Å²) in [5.41, 5.74) is 4.48. The van der Waals surface area contributed by atoms with Crippen molar-refractivity contribution in [3.63, 3.8) is 0 Å². The van der Waals surface area contributed by atoms with Crippen molar-refractivity contribution in [2.24, 2.45) is 0 Å². The van der Waals surface area contributed by atoms with Gasteiger partial charge in [0.15, 0.2) is 0 Å². The summed E-state index contributed by atoms with van der Waals surface area (Å²) in [6, 6.07) is 8.64. The fraction of sp³-hybridized carbons (Fsp3) is 0.467. The van der Waals surface area contributed by atoms with Crippen molar-refractivity contribution in [1.82, 2.24) is 9.88 Å². The Morgan fingerprint density at radius 3 is 2.71 bits per heavy atom. The van der Waals surface area contributed by atoms with Gasteiger partial charge in [-0.25, -0.2) is 0 Å². The van der Waals surface area contributed by atoms with Crippen molar-refractivity contribution in [2.45, 2.75) is 39.3 Å². The monoisotopic (exact) mass is 228 g/mol. The Morgan fingerprint density at radius 2 is 1.94 bits per heavy atom. The van der Waals surface area contributed by atoms with E-state index >= 15 is 0 Å². The van der Waals surface area contributed by atoms with E-state index in [1.807, 2.05) is 0 Å². The Balaban J connectivity index is 2.04. The van der Waals surface area contributed by atoms with Crippen LogP contribution in [0.5, 0.6) is 0 Å². The summed E-state index contributed by atoms with van der Waals surface area (Å²) in [6.45, 7) is 9.09. The maximum absolute atomic E-state index is 3.58. The SMILES string of the molecule is CC(C)(C)N1CCc2c([nH]c3ccccc23)C1. The highest BCUT2D eigenvalue weighted by molar-refractivity contribution is 5.84. The molecule has 0 aliphatic carbocycles. The van der Waals surface area contributed by atoms with E-state index in [9.17, 15) is 0 Å². The number of H-pyrrole nitrogens is 1. The predicted octanol–water partition coefficient (Wildman–Crippen LogP) is 3.32. The summed E-state index contributed by atoms with van der Waals surface area (Å²) in [6.07, 6.45) is 1.16. The van der Waals surface area contributed by atoms with Gasteiger partial charge in [-0.2, -0.15) is 0 Å². The Hall–Kier alpha value is -1.28. The summed E-state index contributed by atoms with van der Waals surface area (Å²) in [7, 11) is 0. The molecule has 1 aliphatic heterocycles. The fourth-order valence-electron chi connectivity index (χ4n) is 2.77. The van der Waals surface area contributed by atoms with Crippen LogP contribution >= 0.6 is 0 Å². The molecule has 1 N–H and O–H groups in total. The molecule has 0 saturated carbocycles. The van der Waals surface area contributed by atoms with Crippen LogP contribution in [0.15, 0.2) is 24.3 Å². The van der Waals surface area contributed by atoms with Gasteiger partial charge in [0.2, 0.25) is 0 Å². The van der Waals surface area contributed by atoms with E-state index in [1.165, 1.54) is 28.7 Å². The zero-order valence-corrected chi connectivity index (χ0v) is 10.9. The molecule has 0 atom stereocenters. The Morgan fingerprint density at radius 1 is 1.18 bits per heavy atom. The highest BCUT2D eigenvalue weighted by atomic mass is 15.2. The van der Waals surface area contributed by atoms with Gasteiger partial charge in [-0.05, 0) is 38.8 Å². The number of nitrogens with one attached hydrogen (secondary N) is 1. The highest BCUT2D eigenvalue weighted by Gasteiger charge is 2.27. The molecule has 0 fully saturated rings. The highest BCUT2D eigenvalue weighted by Crippen LogP contribution is 2.30. The molecule has 1 aromatic heterocycles. The molecule has 0 bridgehead atoms. The summed E-state index contributed by atoms with van der Waals surface area (Å²) < 4.78 is 0. The molecule has 3 rings (SSSR count). The van der Waals surface area contributed by atoms with Gasteiger partial charge in [-0.15, -0.1) is 0 Å². The third-order valence-electron chi connectivity index (χ3n) is 3.83. The maximum Gasteiger partial charge on any atom is 0.0459 e. The van der Waals surface area contributed by atoms with Crippen molar-refractivity contribution in [3.05, 3.63) is 35.5 Å². The van der Waals surface area contributed by atoms with Crippen LogP contribution in [0.25, 0.3) is 10.9 Å².